The highest BCUT2D eigenvalue weighted by molar-refractivity contribution is 7.12. The van der Waals surface area contributed by atoms with Crippen LogP contribution in [0, 0.1) is 0 Å². The van der Waals surface area contributed by atoms with Gasteiger partial charge in [-0.05, 0) is 12.5 Å². The van der Waals surface area contributed by atoms with Crippen LogP contribution >= 0.6 is 11.3 Å². The van der Waals surface area contributed by atoms with Crippen molar-refractivity contribution in [1.29, 1.82) is 0 Å². The molecule has 0 saturated heterocycles. The van der Waals surface area contributed by atoms with Gasteiger partial charge in [0, 0.05) is 29.7 Å². The highest BCUT2D eigenvalue weighted by Crippen LogP contribution is 2.26. The second-order valence-corrected chi connectivity index (χ2v) is 7.54. The van der Waals surface area contributed by atoms with Crippen LogP contribution in [0.5, 0.6) is 0 Å². The molecule has 0 spiro atoms. The fraction of sp³-hybridized carbons (Fsp3) is 0.150. The Bertz CT molecular complexity index is 1500. The molecule has 0 unspecified atom stereocenters. The minimum absolute atomic E-state index is 0.00793. The first-order valence-electron chi connectivity index (χ1n) is 9.49. The lowest BCUT2D eigenvalue weighted by molar-refractivity contribution is 0.554. The molecule has 0 bridgehead atoms. The Kier molecular flexibility index (Phi) is 4.71. The quantitative estimate of drug-likeness (QED) is 0.447. The molecule has 11 heteroatoms. The van der Waals surface area contributed by atoms with Gasteiger partial charge < -0.3 is 9.40 Å². The highest BCUT2D eigenvalue weighted by Gasteiger charge is 2.20. The van der Waals surface area contributed by atoms with E-state index in [9.17, 15) is 9.59 Å². The molecule has 4 aromatic heterocycles. The molecule has 10 nitrogen and oxygen atoms in total. The van der Waals surface area contributed by atoms with Gasteiger partial charge in [-0.25, -0.2) is 14.6 Å². The molecule has 0 aliphatic carbocycles. The van der Waals surface area contributed by atoms with Crippen molar-refractivity contribution in [3.8, 4) is 33.9 Å². The molecule has 1 aromatic carbocycles. The first-order chi connectivity index (χ1) is 15.2. The number of aryl methyl sites for hydroxylation is 1. The first kappa shape index (κ1) is 19.0. The van der Waals surface area contributed by atoms with Crippen molar-refractivity contribution >= 4 is 22.1 Å². The number of hydrogen-bond acceptors (Lipinski definition) is 9. The van der Waals surface area contributed by atoms with Gasteiger partial charge in [-0.1, -0.05) is 25.1 Å². The standard InChI is InChI=1S/C20H15N7O3S/c1-2-8-27-20(29)12-6-4-3-5-11(12)14(26-27)18-25-24-17(30-18)13-10-22-15(23-16(13)28)19-21-7-9-31-19/h3-7,9-10H,2,8H2,1H3,(H,22,23,28). The Balaban J connectivity index is 1.60. The maximum absolute atomic E-state index is 12.7. The highest BCUT2D eigenvalue weighted by atomic mass is 32.1. The van der Waals surface area contributed by atoms with Crippen LogP contribution in [0.4, 0.5) is 0 Å². The second-order valence-electron chi connectivity index (χ2n) is 6.65. The summed E-state index contributed by atoms with van der Waals surface area (Å²) in [5.41, 5.74) is -0.0973. The van der Waals surface area contributed by atoms with Gasteiger partial charge in [-0.2, -0.15) is 5.10 Å². The van der Waals surface area contributed by atoms with Crippen LogP contribution in [0.1, 0.15) is 13.3 Å². The molecule has 0 amide bonds. The van der Waals surface area contributed by atoms with E-state index in [1.54, 1.807) is 35.8 Å². The number of hydrogen-bond donors (Lipinski definition) is 1. The number of aromatic nitrogens is 7. The predicted octanol–water partition coefficient (Wildman–Crippen LogP) is 2.73. The van der Waals surface area contributed by atoms with E-state index in [2.05, 4.69) is 30.2 Å². The van der Waals surface area contributed by atoms with Crippen molar-refractivity contribution in [2.24, 2.45) is 0 Å². The summed E-state index contributed by atoms with van der Waals surface area (Å²) in [5, 5.41) is 16.0. The molecule has 154 valence electrons. The number of nitrogens with one attached hydrogen (secondary N) is 1. The van der Waals surface area contributed by atoms with Gasteiger partial charge in [-0.15, -0.1) is 21.5 Å². The minimum Gasteiger partial charge on any atom is -0.414 e. The number of H-pyrrole nitrogens is 1. The minimum atomic E-state index is -0.427. The molecule has 0 radical (unpaired) electrons. The van der Waals surface area contributed by atoms with Crippen molar-refractivity contribution in [1.82, 2.24) is 34.9 Å². The topological polar surface area (TPSA) is 132 Å². The van der Waals surface area contributed by atoms with Crippen LogP contribution in [0.3, 0.4) is 0 Å². The maximum atomic E-state index is 12.7. The van der Waals surface area contributed by atoms with Crippen molar-refractivity contribution in [3.63, 3.8) is 0 Å². The van der Waals surface area contributed by atoms with Crippen LogP contribution in [-0.4, -0.2) is 34.9 Å². The van der Waals surface area contributed by atoms with Crippen LogP contribution < -0.4 is 11.1 Å². The Morgan fingerprint density at radius 1 is 1.10 bits per heavy atom. The largest absolute Gasteiger partial charge is 0.414 e. The molecule has 0 aliphatic rings. The van der Waals surface area contributed by atoms with Gasteiger partial charge in [-0.3, -0.25) is 9.59 Å². The fourth-order valence-electron chi connectivity index (χ4n) is 3.18. The van der Waals surface area contributed by atoms with Crippen LogP contribution in [0.15, 0.2) is 56.0 Å². The van der Waals surface area contributed by atoms with E-state index in [4.69, 9.17) is 4.42 Å². The van der Waals surface area contributed by atoms with E-state index >= 15 is 0 Å². The lowest BCUT2D eigenvalue weighted by atomic mass is 10.1. The summed E-state index contributed by atoms with van der Waals surface area (Å²) in [7, 11) is 0. The Morgan fingerprint density at radius 3 is 2.65 bits per heavy atom. The molecular formula is C20H15N7O3S. The van der Waals surface area contributed by atoms with Crippen molar-refractivity contribution in [2.75, 3.05) is 0 Å². The number of aromatic amines is 1. The van der Waals surface area contributed by atoms with Gasteiger partial charge in [0.15, 0.2) is 16.5 Å². The lowest BCUT2D eigenvalue weighted by Crippen LogP contribution is -2.23. The molecule has 5 aromatic rings. The predicted molar refractivity (Wildman–Crippen MR) is 115 cm³/mol. The SMILES string of the molecule is CCCn1nc(-c2nnc(-c3cnc(-c4nccs4)[nH]c3=O)o2)c2ccccc2c1=O. The Hall–Kier alpha value is -3.99. The molecular weight excluding hydrogens is 418 g/mol. The van der Waals surface area contributed by atoms with Gasteiger partial charge in [0.05, 0.1) is 5.39 Å². The summed E-state index contributed by atoms with van der Waals surface area (Å²) in [5.74, 6) is 0.482. The summed E-state index contributed by atoms with van der Waals surface area (Å²) in [6, 6.07) is 7.10. The van der Waals surface area contributed by atoms with Gasteiger partial charge >= 0.3 is 0 Å². The van der Waals surface area contributed by atoms with E-state index in [0.717, 1.165) is 6.42 Å². The zero-order valence-electron chi connectivity index (χ0n) is 16.3. The average Bonchev–Trinajstić information content (AvgIpc) is 3.48. The van der Waals surface area contributed by atoms with Gasteiger partial charge in [0.1, 0.15) is 5.56 Å². The first-order valence-corrected chi connectivity index (χ1v) is 10.4. The molecule has 0 saturated carbocycles. The fourth-order valence-corrected chi connectivity index (χ4v) is 3.77. The van der Waals surface area contributed by atoms with E-state index in [0.29, 0.717) is 33.8 Å². The zero-order valence-corrected chi connectivity index (χ0v) is 17.1. The number of thiazole rings is 1. The monoisotopic (exact) mass is 433 g/mol. The number of rotatable bonds is 5. The molecule has 0 aliphatic heterocycles. The average molecular weight is 433 g/mol. The third-order valence-corrected chi connectivity index (χ3v) is 5.38. The number of benzene rings is 1. The Labute approximate surface area is 178 Å². The molecule has 4 heterocycles. The summed E-state index contributed by atoms with van der Waals surface area (Å²) in [6.07, 6.45) is 3.75. The number of nitrogens with zero attached hydrogens (tertiary/aromatic N) is 6. The van der Waals surface area contributed by atoms with Crippen molar-refractivity contribution in [2.45, 2.75) is 19.9 Å². The summed E-state index contributed by atoms with van der Waals surface area (Å²) in [4.78, 5) is 36.3. The zero-order chi connectivity index (χ0) is 21.4. The van der Waals surface area contributed by atoms with E-state index in [1.807, 2.05) is 6.92 Å². The normalized spacial score (nSPS) is 11.3. The van der Waals surface area contributed by atoms with Gasteiger partial charge in [0.25, 0.3) is 22.9 Å². The summed E-state index contributed by atoms with van der Waals surface area (Å²) < 4.78 is 7.16. The summed E-state index contributed by atoms with van der Waals surface area (Å²) in [6.45, 7) is 2.42. The molecule has 1 N–H and O–H groups in total. The third-order valence-electron chi connectivity index (χ3n) is 4.60. The number of fused-ring (bicyclic) bond motifs is 1. The van der Waals surface area contributed by atoms with E-state index < -0.39 is 5.56 Å². The molecule has 0 atom stereocenters. The lowest BCUT2D eigenvalue weighted by Gasteiger charge is -2.07. The van der Waals surface area contributed by atoms with Crippen LogP contribution in [0.2, 0.25) is 0 Å². The molecule has 0 fully saturated rings. The molecule has 31 heavy (non-hydrogen) atoms. The smallest absolute Gasteiger partial charge is 0.274 e. The maximum Gasteiger partial charge on any atom is 0.274 e. The van der Waals surface area contributed by atoms with Crippen molar-refractivity contribution < 1.29 is 4.42 Å². The second kappa shape index (κ2) is 7.69. The van der Waals surface area contributed by atoms with Crippen molar-refractivity contribution in [3.05, 3.63) is 62.7 Å². The summed E-state index contributed by atoms with van der Waals surface area (Å²) >= 11 is 1.36. The molecule has 5 rings (SSSR count). The third kappa shape index (κ3) is 3.34. The van der Waals surface area contributed by atoms with Crippen LogP contribution in [-0.2, 0) is 6.54 Å². The van der Waals surface area contributed by atoms with Gasteiger partial charge in [0.2, 0.25) is 0 Å². The van der Waals surface area contributed by atoms with Crippen LogP contribution in [0.25, 0.3) is 44.6 Å². The van der Waals surface area contributed by atoms with E-state index in [1.165, 1.54) is 22.2 Å². The Morgan fingerprint density at radius 2 is 1.90 bits per heavy atom. The van der Waals surface area contributed by atoms with E-state index in [-0.39, 0.29) is 22.9 Å².